The summed E-state index contributed by atoms with van der Waals surface area (Å²) in [6.45, 7) is 8.92. The zero-order valence-corrected chi connectivity index (χ0v) is 10.2. The number of morpholine rings is 1. The number of rotatable bonds is 2. The fourth-order valence-corrected chi connectivity index (χ4v) is 1.67. The number of hydrogen-bond acceptors (Lipinski definition) is 4. The summed E-state index contributed by atoms with van der Waals surface area (Å²) in [7, 11) is 0. The van der Waals surface area contributed by atoms with Gasteiger partial charge in [-0.3, -0.25) is 9.69 Å². The molecule has 0 aliphatic carbocycles. The van der Waals surface area contributed by atoms with Gasteiger partial charge in [0, 0.05) is 13.1 Å². The van der Waals surface area contributed by atoms with Gasteiger partial charge in [0.05, 0.1) is 12.5 Å². The number of halogens is 1. The van der Waals surface area contributed by atoms with Crippen molar-refractivity contribution in [2.45, 2.75) is 32.1 Å². The van der Waals surface area contributed by atoms with Crippen LogP contribution < -0.4 is 0 Å². The molecule has 2 rings (SSSR count). The van der Waals surface area contributed by atoms with Crippen molar-refractivity contribution in [2.75, 3.05) is 25.6 Å². The van der Waals surface area contributed by atoms with Crippen LogP contribution in [0.2, 0.25) is 0 Å². The minimum absolute atomic E-state index is 0.00154. The molecule has 0 spiro atoms. The summed E-state index contributed by atoms with van der Waals surface area (Å²) >= 11 is 5.62. The van der Waals surface area contributed by atoms with Crippen molar-refractivity contribution < 1.29 is 14.3 Å². The highest BCUT2D eigenvalue weighted by Crippen LogP contribution is 2.38. The van der Waals surface area contributed by atoms with Crippen LogP contribution in [0.3, 0.4) is 0 Å². The summed E-state index contributed by atoms with van der Waals surface area (Å²) in [6.07, 6.45) is 0. The van der Waals surface area contributed by atoms with E-state index in [0.29, 0.717) is 12.4 Å². The maximum absolute atomic E-state index is 9.60. The van der Waals surface area contributed by atoms with Crippen LogP contribution in [0.5, 0.6) is 0 Å². The van der Waals surface area contributed by atoms with Gasteiger partial charge in [0.2, 0.25) is 0 Å². The molecule has 2 unspecified atom stereocenters. The number of hydrogen-bond donors (Lipinski definition) is 0. The predicted molar refractivity (Wildman–Crippen MR) is 57.9 cm³/mol. The number of carbonyl (C=O) groups is 1. The Morgan fingerprint density at radius 1 is 1.60 bits per heavy atom. The Morgan fingerprint density at radius 2 is 2.27 bits per heavy atom. The van der Waals surface area contributed by atoms with E-state index in [1.54, 1.807) is 0 Å². The van der Waals surface area contributed by atoms with E-state index in [-0.39, 0.29) is 11.3 Å². The molecule has 0 N–H and O–H groups in total. The highest BCUT2D eigenvalue weighted by Gasteiger charge is 2.56. The Kier molecular flexibility index (Phi) is 3.98. The quantitative estimate of drug-likeness (QED) is 0.410. The van der Waals surface area contributed by atoms with E-state index in [0.717, 1.165) is 19.7 Å². The molecule has 2 heterocycles. The lowest BCUT2D eigenvalue weighted by Gasteiger charge is -2.14. The lowest BCUT2D eigenvalue weighted by atomic mass is 10.2. The minimum Gasteiger partial charge on any atom is -0.462 e. The molecule has 2 aliphatic heterocycles. The van der Waals surface area contributed by atoms with E-state index in [1.807, 2.05) is 20.8 Å². The van der Waals surface area contributed by atoms with Gasteiger partial charge in [0.1, 0.15) is 11.3 Å². The Morgan fingerprint density at radius 3 is 2.40 bits per heavy atom. The highest BCUT2D eigenvalue weighted by molar-refractivity contribution is 6.18. The standard InChI is InChI=1S/C5H8ClNO.C5H10O2/c6-3-5-4-7(5)1-2-8-5;1-5(2,3)7-4-6/h1-4H2;4H,1-3H3. The third-order valence-electron chi connectivity index (χ3n) is 2.25. The summed E-state index contributed by atoms with van der Waals surface area (Å²) in [4.78, 5) is 11.8. The molecule has 2 fully saturated rings. The van der Waals surface area contributed by atoms with E-state index in [2.05, 4.69) is 9.64 Å². The Balaban J connectivity index is 0.000000153. The molecular weight excluding hydrogens is 218 g/mol. The topological polar surface area (TPSA) is 38.5 Å². The number of alkyl halides is 1. The third kappa shape index (κ3) is 3.63. The molecule has 5 heteroatoms. The second-order valence-corrected chi connectivity index (χ2v) is 4.94. The van der Waals surface area contributed by atoms with Crippen LogP contribution >= 0.6 is 11.6 Å². The second-order valence-electron chi connectivity index (χ2n) is 4.68. The van der Waals surface area contributed by atoms with E-state index >= 15 is 0 Å². The van der Waals surface area contributed by atoms with Gasteiger partial charge in [0.25, 0.3) is 6.47 Å². The fraction of sp³-hybridized carbons (Fsp3) is 0.900. The monoisotopic (exact) mass is 235 g/mol. The van der Waals surface area contributed by atoms with Crippen LogP contribution in [-0.2, 0) is 14.3 Å². The molecule has 0 aromatic heterocycles. The van der Waals surface area contributed by atoms with Gasteiger partial charge >= 0.3 is 0 Å². The summed E-state index contributed by atoms with van der Waals surface area (Å²) in [5, 5.41) is 0. The molecule has 2 atom stereocenters. The smallest absolute Gasteiger partial charge is 0.293 e. The van der Waals surface area contributed by atoms with Crippen molar-refractivity contribution in [3.05, 3.63) is 0 Å². The first-order valence-electron chi connectivity index (χ1n) is 5.00. The first kappa shape index (κ1) is 12.7. The maximum Gasteiger partial charge on any atom is 0.293 e. The van der Waals surface area contributed by atoms with Gasteiger partial charge in [0.15, 0.2) is 0 Å². The van der Waals surface area contributed by atoms with Gasteiger partial charge in [-0.1, -0.05) is 0 Å². The van der Waals surface area contributed by atoms with E-state index in [1.165, 1.54) is 0 Å². The van der Waals surface area contributed by atoms with Crippen LogP contribution in [0.4, 0.5) is 0 Å². The molecule has 0 bridgehead atoms. The molecule has 0 aromatic carbocycles. The Hall–Kier alpha value is -0.320. The molecular formula is C10H18ClNO3. The molecule has 0 amide bonds. The number of fused-ring (bicyclic) bond motifs is 1. The van der Waals surface area contributed by atoms with Gasteiger partial charge in [-0.05, 0) is 20.8 Å². The molecule has 0 saturated carbocycles. The van der Waals surface area contributed by atoms with E-state index < -0.39 is 0 Å². The van der Waals surface area contributed by atoms with Gasteiger partial charge < -0.3 is 9.47 Å². The normalized spacial score (nSPS) is 32.4. The zero-order chi connectivity index (χ0) is 11.5. The molecule has 0 aromatic rings. The molecule has 2 saturated heterocycles. The zero-order valence-electron chi connectivity index (χ0n) is 9.46. The van der Waals surface area contributed by atoms with E-state index in [4.69, 9.17) is 16.3 Å². The molecule has 0 radical (unpaired) electrons. The fourth-order valence-electron chi connectivity index (χ4n) is 1.34. The van der Waals surface area contributed by atoms with Crippen LogP contribution in [0, 0.1) is 0 Å². The lowest BCUT2D eigenvalue weighted by Crippen LogP contribution is -2.17. The van der Waals surface area contributed by atoms with Crippen molar-refractivity contribution in [3.8, 4) is 0 Å². The van der Waals surface area contributed by atoms with Crippen molar-refractivity contribution in [1.29, 1.82) is 0 Å². The first-order chi connectivity index (χ1) is 6.93. The summed E-state index contributed by atoms with van der Waals surface area (Å²) in [5.74, 6) is 0.632. The minimum atomic E-state index is -0.318. The average molecular weight is 236 g/mol. The number of carbonyl (C=O) groups excluding carboxylic acids is 1. The summed E-state index contributed by atoms with van der Waals surface area (Å²) < 4.78 is 9.91. The van der Waals surface area contributed by atoms with Crippen LogP contribution in [0.25, 0.3) is 0 Å². The molecule has 4 nitrogen and oxygen atoms in total. The summed E-state index contributed by atoms with van der Waals surface area (Å²) in [6, 6.07) is 0. The van der Waals surface area contributed by atoms with Crippen LogP contribution in [-0.4, -0.2) is 48.3 Å². The predicted octanol–water partition coefficient (Wildman–Crippen LogP) is 1.23. The summed E-state index contributed by atoms with van der Waals surface area (Å²) in [5.41, 5.74) is -0.316. The number of ether oxygens (including phenoxy) is 2. The third-order valence-corrected chi connectivity index (χ3v) is 2.67. The second kappa shape index (κ2) is 4.68. The van der Waals surface area contributed by atoms with Gasteiger partial charge in [-0.25, -0.2) is 0 Å². The van der Waals surface area contributed by atoms with E-state index in [9.17, 15) is 4.79 Å². The molecule has 88 valence electrons. The maximum atomic E-state index is 9.60. The van der Waals surface area contributed by atoms with Gasteiger partial charge in [-0.15, -0.1) is 11.6 Å². The van der Waals surface area contributed by atoms with Crippen molar-refractivity contribution >= 4 is 18.1 Å². The Labute approximate surface area is 95.5 Å². The molecule has 15 heavy (non-hydrogen) atoms. The van der Waals surface area contributed by atoms with Crippen molar-refractivity contribution in [2.24, 2.45) is 0 Å². The lowest BCUT2D eigenvalue weighted by molar-refractivity contribution is -0.138. The van der Waals surface area contributed by atoms with Gasteiger partial charge in [-0.2, -0.15) is 0 Å². The number of nitrogens with zero attached hydrogens (tertiary/aromatic N) is 1. The SMILES string of the molecule is CC(C)(C)OC=O.ClCC12CN1CCO2. The van der Waals surface area contributed by atoms with Crippen molar-refractivity contribution in [1.82, 2.24) is 4.90 Å². The van der Waals surface area contributed by atoms with Crippen LogP contribution in [0.15, 0.2) is 0 Å². The largest absolute Gasteiger partial charge is 0.462 e. The average Bonchev–Trinajstić information content (AvgIpc) is 2.69. The Bertz CT molecular complexity index is 225. The first-order valence-corrected chi connectivity index (χ1v) is 5.53. The van der Waals surface area contributed by atoms with Crippen LogP contribution in [0.1, 0.15) is 20.8 Å². The highest BCUT2D eigenvalue weighted by atomic mass is 35.5. The van der Waals surface area contributed by atoms with Crippen molar-refractivity contribution in [3.63, 3.8) is 0 Å². The molecule has 2 aliphatic rings.